The van der Waals surface area contributed by atoms with Crippen molar-refractivity contribution in [1.82, 2.24) is 0 Å². The Hall–Kier alpha value is -1.51. The Kier molecular flexibility index (Phi) is 13.4. The number of aliphatic carboxylic acids is 3. The van der Waals surface area contributed by atoms with Crippen LogP contribution in [-0.2, 0) is 36.1 Å². The van der Waals surface area contributed by atoms with E-state index in [1.807, 2.05) is 0 Å². The smallest absolute Gasteiger partial charge is 0.338 e. The molecule has 0 rings (SSSR count). The summed E-state index contributed by atoms with van der Waals surface area (Å²) in [7, 11) is 0. The van der Waals surface area contributed by atoms with E-state index in [0.29, 0.717) is 0 Å². The summed E-state index contributed by atoms with van der Waals surface area (Å²) >= 11 is 0. The Bertz CT molecular complexity index is 351. The van der Waals surface area contributed by atoms with Crippen LogP contribution in [0, 0.1) is 17.2 Å². The van der Waals surface area contributed by atoms with Gasteiger partial charge < -0.3 is 31.4 Å². The first kappa shape index (κ1) is 25.4. The predicted octanol–water partition coefficient (Wildman–Crippen LogP) is -3.15. The second-order valence-electron chi connectivity index (χ2n) is 2.70. The first-order valence-corrected chi connectivity index (χ1v) is 3.55. The van der Waals surface area contributed by atoms with Crippen molar-refractivity contribution >= 4 is 17.9 Å². The molecule has 0 aliphatic rings. The molecule has 0 saturated carbocycles. The molecule has 0 aromatic heterocycles. The molecule has 2 atom stereocenters. The van der Waals surface area contributed by atoms with Crippen molar-refractivity contribution in [2.24, 2.45) is 5.92 Å². The molecule has 10 nitrogen and oxygen atoms in total. The normalized spacial score (nSPS) is 13.1. The molecule has 0 aliphatic carbocycles. The Morgan fingerprint density at radius 3 is 1.72 bits per heavy atom. The van der Waals surface area contributed by atoms with Crippen LogP contribution in [0.3, 0.4) is 0 Å². The maximum atomic E-state index is 10.5. The molecule has 18 heavy (non-hydrogen) atoms. The summed E-state index contributed by atoms with van der Waals surface area (Å²) < 4.78 is 0. The zero-order valence-corrected chi connectivity index (χ0v) is 10.3. The van der Waals surface area contributed by atoms with Gasteiger partial charge in [0.25, 0.3) is 0 Å². The van der Waals surface area contributed by atoms with Gasteiger partial charge in [0, 0.05) is 21.7 Å². The molecule has 0 amide bonds. The number of rotatable bonds is 5. The molecule has 0 radical (unpaired) electrons. The SMILES string of the molecule is N#CC(C(=O)O)C(O)(CC(=O)O)C(=O)O.O.O.[Ti]. The molecule has 0 aromatic carbocycles. The fourth-order valence-electron chi connectivity index (χ4n) is 0.898. The van der Waals surface area contributed by atoms with Gasteiger partial charge in [0.2, 0.25) is 0 Å². The van der Waals surface area contributed by atoms with Crippen molar-refractivity contribution in [3.63, 3.8) is 0 Å². The number of nitrogens with zero attached hydrogens (tertiary/aromatic N) is 1. The molecule has 0 saturated heterocycles. The third-order valence-electron chi connectivity index (χ3n) is 1.64. The molecule has 0 aromatic rings. The fourth-order valence-corrected chi connectivity index (χ4v) is 0.898. The molecular weight excluding hydrogens is 290 g/mol. The first-order chi connectivity index (χ1) is 6.75. The van der Waals surface area contributed by atoms with E-state index in [0.717, 1.165) is 6.07 Å². The number of carbonyl (C=O) groups is 3. The summed E-state index contributed by atoms with van der Waals surface area (Å²) in [6.45, 7) is 0. The van der Waals surface area contributed by atoms with Crippen LogP contribution >= 0.6 is 0 Å². The fraction of sp³-hybridized carbons (Fsp3) is 0.429. The minimum atomic E-state index is -3.13. The van der Waals surface area contributed by atoms with Crippen molar-refractivity contribution in [3.8, 4) is 6.07 Å². The maximum absolute atomic E-state index is 10.5. The van der Waals surface area contributed by atoms with Gasteiger partial charge in [0.1, 0.15) is 0 Å². The van der Waals surface area contributed by atoms with Crippen LogP contribution in [0.5, 0.6) is 0 Å². The Morgan fingerprint density at radius 1 is 1.17 bits per heavy atom. The predicted molar refractivity (Wildman–Crippen MR) is 48.8 cm³/mol. The van der Waals surface area contributed by atoms with Crippen molar-refractivity contribution in [2.75, 3.05) is 0 Å². The largest absolute Gasteiger partial charge is 0.481 e. The summed E-state index contributed by atoms with van der Waals surface area (Å²) in [5, 5.41) is 42.9. The van der Waals surface area contributed by atoms with Gasteiger partial charge in [-0.15, -0.1) is 0 Å². The summed E-state index contributed by atoms with van der Waals surface area (Å²) in [5.41, 5.74) is -3.13. The summed E-state index contributed by atoms with van der Waals surface area (Å²) in [4.78, 5) is 31.2. The van der Waals surface area contributed by atoms with Crippen LogP contribution in [0.2, 0.25) is 0 Å². The minimum Gasteiger partial charge on any atom is -0.481 e. The summed E-state index contributed by atoms with van der Waals surface area (Å²) in [6, 6.07) is 1.04. The number of hydrogen-bond donors (Lipinski definition) is 4. The van der Waals surface area contributed by atoms with Gasteiger partial charge in [-0.2, -0.15) is 5.26 Å². The van der Waals surface area contributed by atoms with Gasteiger partial charge in [-0.05, 0) is 0 Å². The quantitative estimate of drug-likeness (QED) is 0.379. The van der Waals surface area contributed by atoms with Gasteiger partial charge in [-0.1, -0.05) is 0 Å². The van der Waals surface area contributed by atoms with Gasteiger partial charge in [-0.3, -0.25) is 9.59 Å². The van der Waals surface area contributed by atoms with E-state index >= 15 is 0 Å². The van der Waals surface area contributed by atoms with Crippen LogP contribution in [0.1, 0.15) is 6.42 Å². The zero-order valence-electron chi connectivity index (χ0n) is 8.75. The average Bonchev–Trinajstić information content (AvgIpc) is 2.02. The van der Waals surface area contributed by atoms with E-state index in [1.54, 1.807) is 0 Å². The standard InChI is InChI=1S/C7H7NO7.2H2O.Ti/c8-2-3(5(11)12)7(15,6(13)14)1-4(9)10;;;/h3,15H,1H2,(H,9,10)(H,11,12)(H,13,14);2*1H2;. The molecule has 8 N–H and O–H groups in total. The van der Waals surface area contributed by atoms with E-state index in [-0.39, 0.29) is 32.7 Å². The van der Waals surface area contributed by atoms with E-state index in [4.69, 9.17) is 20.6 Å². The van der Waals surface area contributed by atoms with E-state index in [1.165, 1.54) is 0 Å². The van der Waals surface area contributed by atoms with E-state index < -0.39 is 35.8 Å². The molecule has 102 valence electrons. The molecule has 0 fully saturated rings. The zero-order chi connectivity index (χ0) is 12.2. The van der Waals surface area contributed by atoms with Crippen LogP contribution in [-0.4, -0.2) is 54.9 Å². The Balaban J connectivity index is -0.000000327. The molecule has 0 heterocycles. The van der Waals surface area contributed by atoms with Gasteiger partial charge in [0.15, 0.2) is 11.5 Å². The molecule has 0 bridgehead atoms. The molecule has 2 unspecified atom stereocenters. The van der Waals surface area contributed by atoms with Crippen LogP contribution in [0.4, 0.5) is 0 Å². The monoisotopic (exact) mass is 301 g/mol. The second kappa shape index (κ2) is 9.52. The van der Waals surface area contributed by atoms with Gasteiger partial charge >= 0.3 is 17.9 Å². The number of carboxylic acid groups (broad SMARTS) is 3. The van der Waals surface area contributed by atoms with Crippen LogP contribution < -0.4 is 0 Å². The van der Waals surface area contributed by atoms with Crippen molar-refractivity contribution in [2.45, 2.75) is 12.0 Å². The molecular formula is C7H11NO9Ti. The number of aliphatic hydroxyl groups is 1. The van der Waals surface area contributed by atoms with Crippen molar-refractivity contribution < 1.29 is 67.5 Å². The second-order valence-corrected chi connectivity index (χ2v) is 2.70. The average molecular weight is 301 g/mol. The van der Waals surface area contributed by atoms with Crippen LogP contribution in [0.15, 0.2) is 0 Å². The van der Waals surface area contributed by atoms with Gasteiger partial charge in [-0.25, -0.2) is 4.79 Å². The summed E-state index contributed by atoms with van der Waals surface area (Å²) in [5.74, 6) is -8.03. The van der Waals surface area contributed by atoms with Crippen molar-refractivity contribution in [1.29, 1.82) is 5.26 Å². The first-order valence-electron chi connectivity index (χ1n) is 3.55. The third kappa shape index (κ3) is 5.71. The topological polar surface area (TPSA) is 219 Å². The minimum absolute atomic E-state index is 0. The number of nitriles is 1. The molecule has 0 aliphatic heterocycles. The maximum Gasteiger partial charge on any atom is 0.338 e. The molecule has 0 spiro atoms. The Morgan fingerprint density at radius 2 is 1.56 bits per heavy atom. The number of hydrogen-bond acceptors (Lipinski definition) is 5. The van der Waals surface area contributed by atoms with Crippen LogP contribution in [0.25, 0.3) is 0 Å². The van der Waals surface area contributed by atoms with E-state index in [9.17, 15) is 19.5 Å². The molecule has 11 heteroatoms. The summed E-state index contributed by atoms with van der Waals surface area (Å²) in [6.07, 6.45) is -1.37. The third-order valence-corrected chi connectivity index (χ3v) is 1.64. The van der Waals surface area contributed by atoms with Crippen molar-refractivity contribution in [3.05, 3.63) is 0 Å². The number of carboxylic acids is 3. The Labute approximate surface area is 115 Å². The van der Waals surface area contributed by atoms with E-state index in [2.05, 4.69) is 0 Å². The van der Waals surface area contributed by atoms with Gasteiger partial charge in [0.05, 0.1) is 12.5 Å².